The number of rotatable bonds is 4. The van der Waals surface area contributed by atoms with Crippen LogP contribution in [0.2, 0.25) is 0 Å². The zero-order valence-electron chi connectivity index (χ0n) is 12.8. The third-order valence-electron chi connectivity index (χ3n) is 4.69. The van der Waals surface area contributed by atoms with Gasteiger partial charge >= 0.3 is 5.97 Å². The molecule has 21 heavy (non-hydrogen) atoms. The zero-order valence-corrected chi connectivity index (χ0v) is 12.8. The molecule has 7 nitrogen and oxygen atoms in total. The third kappa shape index (κ3) is 3.02. The minimum absolute atomic E-state index is 0.0379. The van der Waals surface area contributed by atoms with Crippen LogP contribution in [0.5, 0.6) is 0 Å². The predicted molar refractivity (Wildman–Crippen MR) is 75.5 cm³/mol. The van der Waals surface area contributed by atoms with Gasteiger partial charge in [-0.15, -0.1) is 0 Å². The average Bonchev–Trinajstić information content (AvgIpc) is 3.01. The molecule has 0 spiro atoms. The molecule has 7 heteroatoms. The Kier molecular flexibility index (Phi) is 4.22. The largest absolute Gasteiger partial charge is 0.481 e. The van der Waals surface area contributed by atoms with E-state index in [0.29, 0.717) is 32.7 Å². The van der Waals surface area contributed by atoms with Crippen molar-refractivity contribution in [2.24, 2.45) is 17.3 Å². The molecule has 1 aliphatic heterocycles. The molecule has 1 aliphatic carbocycles. The molecule has 2 rings (SSSR count). The number of carbonyl (C=O) groups excluding carboxylic acids is 2. The zero-order chi connectivity index (χ0) is 15.8. The second-order valence-electron chi connectivity index (χ2n) is 6.39. The van der Waals surface area contributed by atoms with Gasteiger partial charge in [-0.25, -0.2) is 0 Å². The van der Waals surface area contributed by atoms with Gasteiger partial charge < -0.3 is 15.3 Å². The molecule has 118 valence electrons. The summed E-state index contributed by atoms with van der Waals surface area (Å²) < 4.78 is 0. The Balaban J connectivity index is 1.87. The van der Waals surface area contributed by atoms with Crippen LogP contribution in [0.3, 0.4) is 0 Å². The molecular formula is C14H23N3O4. The van der Waals surface area contributed by atoms with Crippen molar-refractivity contribution in [3.63, 3.8) is 0 Å². The molecule has 1 heterocycles. The lowest BCUT2D eigenvalue weighted by molar-refractivity contribution is -0.142. The van der Waals surface area contributed by atoms with E-state index >= 15 is 0 Å². The summed E-state index contributed by atoms with van der Waals surface area (Å²) >= 11 is 0. The van der Waals surface area contributed by atoms with Crippen molar-refractivity contribution in [1.29, 1.82) is 0 Å². The first kappa shape index (κ1) is 15.8. The quantitative estimate of drug-likeness (QED) is 0.711. The normalized spacial score (nSPS) is 28.0. The fraction of sp³-hybridized carbons (Fsp3) is 0.786. The topological polar surface area (TPSA) is 90.0 Å². The van der Waals surface area contributed by atoms with E-state index in [2.05, 4.69) is 5.32 Å². The molecular weight excluding hydrogens is 274 g/mol. The van der Waals surface area contributed by atoms with Crippen LogP contribution in [0.4, 0.5) is 0 Å². The number of amides is 2. The van der Waals surface area contributed by atoms with Gasteiger partial charge in [-0.1, -0.05) is 13.8 Å². The Labute approximate surface area is 124 Å². The van der Waals surface area contributed by atoms with E-state index in [1.54, 1.807) is 11.9 Å². The maximum Gasteiger partial charge on any atom is 0.307 e. The van der Waals surface area contributed by atoms with Gasteiger partial charge in [0, 0.05) is 33.2 Å². The maximum atomic E-state index is 12.4. The summed E-state index contributed by atoms with van der Waals surface area (Å²) in [6.07, 6.45) is 0. The van der Waals surface area contributed by atoms with E-state index in [1.165, 1.54) is 0 Å². The van der Waals surface area contributed by atoms with Crippen molar-refractivity contribution < 1.29 is 19.5 Å². The van der Waals surface area contributed by atoms with E-state index in [1.807, 2.05) is 18.7 Å². The average molecular weight is 297 g/mol. The first-order chi connectivity index (χ1) is 9.78. The summed E-state index contributed by atoms with van der Waals surface area (Å²) in [7, 11) is 1.60. The fourth-order valence-electron chi connectivity index (χ4n) is 3.16. The van der Waals surface area contributed by atoms with Crippen molar-refractivity contribution >= 4 is 17.8 Å². The van der Waals surface area contributed by atoms with Gasteiger partial charge in [0.1, 0.15) is 0 Å². The lowest BCUT2D eigenvalue weighted by atomic mass is 10.1. The number of aliphatic carboxylic acids is 1. The van der Waals surface area contributed by atoms with Gasteiger partial charge in [0.25, 0.3) is 0 Å². The number of hydrogen-bond donors (Lipinski definition) is 2. The Morgan fingerprint density at radius 1 is 1.14 bits per heavy atom. The predicted octanol–water partition coefficient (Wildman–Crippen LogP) is -0.767. The maximum absolute atomic E-state index is 12.4. The van der Waals surface area contributed by atoms with Crippen molar-refractivity contribution in [3.05, 3.63) is 0 Å². The van der Waals surface area contributed by atoms with Gasteiger partial charge in [0.05, 0.1) is 18.4 Å². The van der Waals surface area contributed by atoms with E-state index in [9.17, 15) is 14.4 Å². The van der Waals surface area contributed by atoms with E-state index in [4.69, 9.17) is 5.11 Å². The number of nitrogens with zero attached hydrogens (tertiary/aromatic N) is 2. The fourth-order valence-corrected chi connectivity index (χ4v) is 3.16. The van der Waals surface area contributed by atoms with Crippen LogP contribution < -0.4 is 5.32 Å². The van der Waals surface area contributed by atoms with Crippen molar-refractivity contribution in [2.45, 2.75) is 13.8 Å². The Morgan fingerprint density at radius 2 is 1.71 bits per heavy atom. The number of carboxylic acids is 1. The van der Waals surface area contributed by atoms with Crippen LogP contribution in [-0.2, 0) is 14.4 Å². The Morgan fingerprint density at radius 3 is 2.14 bits per heavy atom. The Hall–Kier alpha value is -1.63. The highest BCUT2D eigenvalue weighted by atomic mass is 16.4. The van der Waals surface area contributed by atoms with Crippen LogP contribution in [-0.4, -0.2) is 72.5 Å². The highest BCUT2D eigenvalue weighted by molar-refractivity contribution is 5.91. The number of carboxylic acid groups (broad SMARTS) is 1. The molecule has 0 aromatic carbocycles. The number of carbonyl (C=O) groups is 3. The summed E-state index contributed by atoms with van der Waals surface area (Å²) in [5, 5.41) is 11.7. The molecule has 0 aromatic rings. The minimum Gasteiger partial charge on any atom is -0.481 e. The smallest absolute Gasteiger partial charge is 0.307 e. The molecule has 0 unspecified atom stereocenters. The number of piperazine rings is 1. The number of likely N-dealkylation sites (N-methyl/N-ethyl adjacent to an activating group) is 1. The van der Waals surface area contributed by atoms with Crippen LogP contribution in [0.25, 0.3) is 0 Å². The van der Waals surface area contributed by atoms with Gasteiger partial charge in [-0.2, -0.15) is 0 Å². The van der Waals surface area contributed by atoms with Gasteiger partial charge in [0.2, 0.25) is 11.8 Å². The first-order valence-electron chi connectivity index (χ1n) is 7.23. The number of hydrogen-bond acceptors (Lipinski definition) is 4. The monoisotopic (exact) mass is 297 g/mol. The molecule has 1 saturated heterocycles. The van der Waals surface area contributed by atoms with E-state index in [0.717, 1.165) is 0 Å². The highest BCUT2D eigenvalue weighted by Crippen LogP contribution is 2.59. The minimum atomic E-state index is -0.892. The molecule has 2 N–H and O–H groups in total. The van der Waals surface area contributed by atoms with E-state index < -0.39 is 23.2 Å². The van der Waals surface area contributed by atoms with Crippen molar-refractivity contribution in [1.82, 2.24) is 15.1 Å². The highest BCUT2D eigenvalue weighted by Gasteiger charge is 2.66. The summed E-state index contributed by atoms with van der Waals surface area (Å²) in [5.41, 5.74) is -0.456. The molecule has 0 radical (unpaired) electrons. The van der Waals surface area contributed by atoms with Crippen LogP contribution in [0, 0.1) is 17.3 Å². The summed E-state index contributed by atoms with van der Waals surface area (Å²) in [4.78, 5) is 38.6. The molecule has 1 saturated carbocycles. The SMILES string of the molecule is CNC(=O)CN1CCN(C(=O)[C@H]2[C@@H](C(=O)O)C2(C)C)CC1. The summed E-state index contributed by atoms with van der Waals surface area (Å²) in [6, 6.07) is 0. The third-order valence-corrected chi connectivity index (χ3v) is 4.69. The van der Waals surface area contributed by atoms with Crippen molar-refractivity contribution in [3.8, 4) is 0 Å². The summed E-state index contributed by atoms with van der Waals surface area (Å²) in [6.45, 7) is 6.38. The number of nitrogens with one attached hydrogen (secondary N) is 1. The molecule has 0 bridgehead atoms. The van der Waals surface area contributed by atoms with Gasteiger partial charge in [-0.3, -0.25) is 19.3 Å². The molecule has 0 aromatic heterocycles. The molecule has 2 atom stereocenters. The van der Waals surface area contributed by atoms with E-state index in [-0.39, 0.29) is 11.8 Å². The second-order valence-corrected chi connectivity index (χ2v) is 6.39. The van der Waals surface area contributed by atoms with Gasteiger partial charge in [-0.05, 0) is 5.41 Å². The standard InChI is InChI=1S/C14H23N3O4/c1-14(2)10(11(14)13(20)21)12(19)17-6-4-16(5-7-17)8-9(18)15-3/h10-11H,4-8H2,1-3H3,(H,15,18)(H,20,21)/t10-,11+/m1/s1. The molecule has 2 fully saturated rings. The van der Waals surface area contributed by atoms with Gasteiger partial charge in [0.15, 0.2) is 0 Å². The van der Waals surface area contributed by atoms with Crippen LogP contribution in [0.1, 0.15) is 13.8 Å². The van der Waals surface area contributed by atoms with Crippen LogP contribution >= 0.6 is 0 Å². The second kappa shape index (κ2) is 5.63. The lowest BCUT2D eigenvalue weighted by Crippen LogP contribution is -2.51. The molecule has 2 amide bonds. The van der Waals surface area contributed by atoms with Crippen LogP contribution in [0.15, 0.2) is 0 Å². The summed E-state index contributed by atoms with van der Waals surface area (Å²) in [5.74, 6) is -1.98. The van der Waals surface area contributed by atoms with Crippen molar-refractivity contribution in [2.75, 3.05) is 39.8 Å². The first-order valence-corrected chi connectivity index (χ1v) is 7.23. The molecule has 2 aliphatic rings. The Bertz CT molecular complexity index is 455. The lowest BCUT2D eigenvalue weighted by Gasteiger charge is -2.34.